The molecule has 118 valence electrons. The molecule has 6 heteroatoms. The number of nitrogens with zero attached hydrogens (tertiary/aromatic N) is 2. The molecule has 1 amide bonds. The number of methoxy groups -OCH3 is 1. The predicted molar refractivity (Wildman–Crippen MR) is 84.8 cm³/mol. The van der Waals surface area contributed by atoms with Crippen molar-refractivity contribution >= 4 is 5.91 Å². The molecule has 0 atom stereocenters. The Hall–Kier alpha value is -2.18. The quantitative estimate of drug-likeness (QED) is 0.675. The fraction of sp³-hybridized carbons (Fsp3) is 0.375. The van der Waals surface area contributed by atoms with Gasteiger partial charge in [-0.15, -0.1) is 0 Å². The molecule has 0 bridgehead atoms. The molecule has 22 heavy (non-hydrogen) atoms. The average Bonchev–Trinajstić information content (AvgIpc) is 3.00. The predicted octanol–water partition coefficient (Wildman–Crippen LogP) is 0.897. The van der Waals surface area contributed by atoms with Crippen LogP contribution in [-0.4, -0.2) is 49.0 Å². The van der Waals surface area contributed by atoms with E-state index in [4.69, 9.17) is 4.74 Å². The van der Waals surface area contributed by atoms with Crippen molar-refractivity contribution in [2.24, 2.45) is 0 Å². The average molecular weight is 302 g/mol. The smallest absolute Gasteiger partial charge is 0.254 e. The van der Waals surface area contributed by atoms with Crippen molar-refractivity contribution in [1.82, 2.24) is 20.4 Å². The highest BCUT2D eigenvalue weighted by Gasteiger charge is 2.07. The second-order valence-electron chi connectivity index (χ2n) is 4.91. The molecule has 0 radical (unpaired) electrons. The molecule has 0 saturated heterocycles. The molecule has 0 fully saturated rings. The molecule has 2 aromatic rings. The number of ether oxygens (including phenoxy) is 1. The summed E-state index contributed by atoms with van der Waals surface area (Å²) in [6.45, 7) is 3.40. The lowest BCUT2D eigenvalue weighted by atomic mass is 10.2. The van der Waals surface area contributed by atoms with Gasteiger partial charge in [-0.2, -0.15) is 5.10 Å². The maximum absolute atomic E-state index is 12.0. The Morgan fingerprint density at radius 3 is 2.82 bits per heavy atom. The van der Waals surface area contributed by atoms with E-state index in [2.05, 4.69) is 15.7 Å². The molecule has 0 aliphatic rings. The first kappa shape index (κ1) is 16.2. The van der Waals surface area contributed by atoms with E-state index in [1.54, 1.807) is 24.2 Å². The van der Waals surface area contributed by atoms with Gasteiger partial charge >= 0.3 is 0 Å². The molecule has 2 N–H and O–H groups in total. The summed E-state index contributed by atoms with van der Waals surface area (Å²) in [5.74, 6) is -0.104. The Morgan fingerprint density at radius 2 is 2.05 bits per heavy atom. The van der Waals surface area contributed by atoms with E-state index in [-0.39, 0.29) is 5.91 Å². The van der Waals surface area contributed by atoms with E-state index in [9.17, 15) is 4.79 Å². The van der Waals surface area contributed by atoms with E-state index in [0.29, 0.717) is 31.8 Å². The van der Waals surface area contributed by atoms with Gasteiger partial charge in [-0.1, -0.05) is 30.3 Å². The van der Waals surface area contributed by atoms with Crippen LogP contribution in [0, 0.1) is 0 Å². The van der Waals surface area contributed by atoms with Gasteiger partial charge in [0.1, 0.15) is 0 Å². The Labute approximate surface area is 130 Å². The number of hydrogen-bond donors (Lipinski definition) is 2. The van der Waals surface area contributed by atoms with Crippen LogP contribution < -0.4 is 10.6 Å². The summed E-state index contributed by atoms with van der Waals surface area (Å²) in [6.07, 6.45) is 3.36. The Kier molecular flexibility index (Phi) is 6.60. The van der Waals surface area contributed by atoms with E-state index in [0.717, 1.165) is 12.1 Å². The lowest BCUT2D eigenvalue weighted by Crippen LogP contribution is -2.32. The molecule has 0 spiro atoms. The molecule has 1 aromatic heterocycles. The van der Waals surface area contributed by atoms with Crippen molar-refractivity contribution in [2.75, 3.05) is 33.4 Å². The molecule has 0 saturated carbocycles. The van der Waals surface area contributed by atoms with Crippen LogP contribution in [0.25, 0.3) is 0 Å². The van der Waals surface area contributed by atoms with E-state index >= 15 is 0 Å². The Bertz CT molecular complexity index is 569. The van der Waals surface area contributed by atoms with Crippen LogP contribution in [0.5, 0.6) is 0 Å². The van der Waals surface area contributed by atoms with Crippen LogP contribution in [0.1, 0.15) is 15.9 Å². The van der Waals surface area contributed by atoms with E-state index in [1.807, 2.05) is 30.3 Å². The van der Waals surface area contributed by atoms with Crippen LogP contribution in [0.15, 0.2) is 42.7 Å². The van der Waals surface area contributed by atoms with Gasteiger partial charge < -0.3 is 15.4 Å². The van der Waals surface area contributed by atoms with Crippen molar-refractivity contribution in [2.45, 2.75) is 6.54 Å². The molecule has 0 aliphatic carbocycles. The summed E-state index contributed by atoms with van der Waals surface area (Å²) in [5.41, 5.74) is 1.73. The second-order valence-corrected chi connectivity index (χ2v) is 4.91. The van der Waals surface area contributed by atoms with Gasteiger partial charge in [0, 0.05) is 32.9 Å². The molecule has 1 heterocycles. The molecule has 2 rings (SSSR count). The van der Waals surface area contributed by atoms with E-state index < -0.39 is 0 Å². The van der Waals surface area contributed by atoms with Gasteiger partial charge in [-0.25, -0.2) is 0 Å². The number of hydrogen-bond acceptors (Lipinski definition) is 4. The zero-order valence-corrected chi connectivity index (χ0v) is 12.8. The fourth-order valence-corrected chi connectivity index (χ4v) is 2.00. The number of amides is 1. The van der Waals surface area contributed by atoms with Gasteiger partial charge in [0.2, 0.25) is 0 Å². The summed E-state index contributed by atoms with van der Waals surface area (Å²) >= 11 is 0. The molecular formula is C16H22N4O2. The summed E-state index contributed by atoms with van der Waals surface area (Å²) in [7, 11) is 1.66. The normalized spacial score (nSPS) is 10.6. The zero-order valence-electron chi connectivity index (χ0n) is 12.8. The van der Waals surface area contributed by atoms with Crippen molar-refractivity contribution in [3.8, 4) is 0 Å². The summed E-state index contributed by atoms with van der Waals surface area (Å²) in [5, 5.41) is 10.3. The maximum Gasteiger partial charge on any atom is 0.254 e. The first-order valence-corrected chi connectivity index (χ1v) is 7.34. The van der Waals surface area contributed by atoms with Gasteiger partial charge in [0.15, 0.2) is 0 Å². The highest BCUT2D eigenvalue weighted by molar-refractivity contribution is 5.93. The minimum absolute atomic E-state index is 0.104. The van der Waals surface area contributed by atoms with Gasteiger partial charge in [-0.3, -0.25) is 9.48 Å². The number of carbonyl (C=O) groups is 1. The minimum atomic E-state index is -0.104. The summed E-state index contributed by atoms with van der Waals surface area (Å²) in [4.78, 5) is 12.0. The minimum Gasteiger partial charge on any atom is -0.383 e. The SMILES string of the molecule is COCCNCCNC(=O)c1cnn(Cc2ccccc2)c1. The fourth-order valence-electron chi connectivity index (χ4n) is 2.00. The number of benzene rings is 1. The second kappa shape index (κ2) is 8.96. The summed E-state index contributed by atoms with van der Waals surface area (Å²) in [6, 6.07) is 10.0. The van der Waals surface area contributed by atoms with Crippen LogP contribution in [-0.2, 0) is 11.3 Å². The number of rotatable bonds is 9. The standard InChI is InChI=1S/C16H22N4O2/c1-22-10-9-17-7-8-18-16(21)15-11-19-20(13-15)12-14-5-3-2-4-6-14/h2-6,11,13,17H,7-10,12H2,1H3,(H,18,21). The van der Waals surface area contributed by atoms with Crippen molar-refractivity contribution in [1.29, 1.82) is 0 Å². The van der Waals surface area contributed by atoms with E-state index in [1.165, 1.54) is 0 Å². The summed E-state index contributed by atoms with van der Waals surface area (Å²) < 4.78 is 6.69. The number of aromatic nitrogens is 2. The van der Waals surface area contributed by atoms with Crippen LogP contribution >= 0.6 is 0 Å². The monoisotopic (exact) mass is 302 g/mol. The van der Waals surface area contributed by atoms with Crippen LogP contribution in [0.4, 0.5) is 0 Å². The van der Waals surface area contributed by atoms with Gasteiger partial charge in [0.25, 0.3) is 5.91 Å². The third kappa shape index (κ3) is 5.31. The first-order chi connectivity index (χ1) is 10.8. The van der Waals surface area contributed by atoms with Gasteiger partial charge in [0.05, 0.1) is 24.9 Å². The van der Waals surface area contributed by atoms with Crippen LogP contribution in [0.3, 0.4) is 0 Å². The molecule has 6 nitrogen and oxygen atoms in total. The number of carbonyl (C=O) groups excluding carboxylic acids is 1. The Morgan fingerprint density at radius 1 is 1.23 bits per heavy atom. The molecule has 1 aromatic carbocycles. The highest BCUT2D eigenvalue weighted by Crippen LogP contribution is 2.03. The molecular weight excluding hydrogens is 280 g/mol. The lowest BCUT2D eigenvalue weighted by Gasteiger charge is -2.05. The lowest BCUT2D eigenvalue weighted by molar-refractivity contribution is 0.0953. The zero-order chi connectivity index (χ0) is 15.6. The molecule has 0 unspecified atom stereocenters. The first-order valence-electron chi connectivity index (χ1n) is 7.34. The Balaban J connectivity index is 1.74. The largest absolute Gasteiger partial charge is 0.383 e. The van der Waals surface area contributed by atoms with Crippen molar-refractivity contribution in [3.63, 3.8) is 0 Å². The highest BCUT2D eigenvalue weighted by atomic mass is 16.5. The van der Waals surface area contributed by atoms with Crippen molar-refractivity contribution < 1.29 is 9.53 Å². The third-order valence-corrected chi connectivity index (χ3v) is 3.15. The molecule has 0 aliphatic heterocycles. The maximum atomic E-state index is 12.0. The van der Waals surface area contributed by atoms with Gasteiger partial charge in [-0.05, 0) is 5.56 Å². The third-order valence-electron chi connectivity index (χ3n) is 3.15. The van der Waals surface area contributed by atoms with Crippen molar-refractivity contribution in [3.05, 3.63) is 53.9 Å². The van der Waals surface area contributed by atoms with Crippen LogP contribution in [0.2, 0.25) is 0 Å². The topological polar surface area (TPSA) is 68.2 Å². The number of nitrogens with one attached hydrogen (secondary N) is 2.